The van der Waals surface area contributed by atoms with Crippen molar-refractivity contribution in [2.24, 2.45) is 0 Å². The molecule has 0 aliphatic carbocycles. The topological polar surface area (TPSA) is 47.4 Å². The standard InChI is InChI=1S/C27H33N3O2/c1-5-15-29-19-20(18-25(29)31)26-28-23-9-6-7-10-24(23)30(26)16-8-17-32-22-13-11-21(12-14-22)27(2,3)4/h5-7,9-14,20H,1,8,15-19H2,2-4H3. The van der Waals surface area contributed by atoms with Gasteiger partial charge in [-0.1, -0.05) is 51.1 Å². The van der Waals surface area contributed by atoms with Crippen LogP contribution in [0.3, 0.4) is 0 Å². The molecule has 1 fully saturated rings. The zero-order valence-corrected chi connectivity index (χ0v) is 19.4. The smallest absolute Gasteiger partial charge is 0.223 e. The molecule has 168 valence electrons. The molecule has 0 saturated carbocycles. The number of imidazole rings is 1. The Morgan fingerprint density at radius 1 is 1.16 bits per heavy atom. The van der Waals surface area contributed by atoms with Gasteiger partial charge in [-0.15, -0.1) is 6.58 Å². The fraction of sp³-hybridized carbons (Fsp3) is 0.407. The van der Waals surface area contributed by atoms with Crippen molar-refractivity contribution in [1.29, 1.82) is 0 Å². The number of hydrogen-bond donors (Lipinski definition) is 0. The number of aryl methyl sites for hydroxylation is 1. The minimum absolute atomic E-state index is 0.112. The van der Waals surface area contributed by atoms with Crippen molar-refractivity contribution in [3.05, 3.63) is 72.6 Å². The number of carbonyl (C=O) groups is 1. The summed E-state index contributed by atoms with van der Waals surface area (Å²) in [6, 6.07) is 16.6. The highest BCUT2D eigenvalue weighted by molar-refractivity contribution is 5.81. The summed E-state index contributed by atoms with van der Waals surface area (Å²) >= 11 is 0. The van der Waals surface area contributed by atoms with Gasteiger partial charge in [0.25, 0.3) is 0 Å². The maximum atomic E-state index is 12.4. The minimum atomic E-state index is 0.112. The summed E-state index contributed by atoms with van der Waals surface area (Å²) in [7, 11) is 0. The molecule has 5 heteroatoms. The second-order valence-electron chi connectivity index (χ2n) is 9.58. The van der Waals surface area contributed by atoms with Gasteiger partial charge in [0.05, 0.1) is 17.6 Å². The molecule has 1 aliphatic rings. The SMILES string of the molecule is C=CCN1CC(c2nc3ccccc3n2CCCOc2ccc(C(C)(C)C)cc2)CC1=O. The van der Waals surface area contributed by atoms with E-state index in [1.54, 1.807) is 6.08 Å². The summed E-state index contributed by atoms with van der Waals surface area (Å²) < 4.78 is 8.28. The maximum Gasteiger partial charge on any atom is 0.223 e. The van der Waals surface area contributed by atoms with Crippen LogP contribution < -0.4 is 4.74 Å². The van der Waals surface area contributed by atoms with Crippen LogP contribution in [0.4, 0.5) is 0 Å². The van der Waals surface area contributed by atoms with E-state index < -0.39 is 0 Å². The predicted molar refractivity (Wildman–Crippen MR) is 129 cm³/mol. The summed E-state index contributed by atoms with van der Waals surface area (Å²) in [4.78, 5) is 19.2. The van der Waals surface area contributed by atoms with Gasteiger partial charge in [0, 0.05) is 32.0 Å². The molecule has 3 aromatic rings. The zero-order chi connectivity index (χ0) is 22.7. The Morgan fingerprint density at radius 2 is 1.91 bits per heavy atom. The van der Waals surface area contributed by atoms with Gasteiger partial charge in [-0.3, -0.25) is 4.79 Å². The van der Waals surface area contributed by atoms with Crippen LogP contribution in [0.1, 0.15) is 50.9 Å². The highest BCUT2D eigenvalue weighted by atomic mass is 16.5. The molecule has 1 amide bonds. The molecule has 0 radical (unpaired) electrons. The van der Waals surface area contributed by atoms with Crippen LogP contribution in [0.15, 0.2) is 61.2 Å². The molecule has 2 heterocycles. The first-order valence-corrected chi connectivity index (χ1v) is 11.4. The Bertz CT molecular complexity index is 1090. The van der Waals surface area contributed by atoms with E-state index in [1.807, 2.05) is 23.1 Å². The van der Waals surface area contributed by atoms with Crippen LogP contribution in [-0.4, -0.2) is 40.1 Å². The number of benzene rings is 2. The molecule has 0 bridgehead atoms. The van der Waals surface area contributed by atoms with E-state index >= 15 is 0 Å². The summed E-state index contributed by atoms with van der Waals surface area (Å²) in [6.45, 7) is 13.1. The average molecular weight is 432 g/mol. The van der Waals surface area contributed by atoms with Crippen molar-refractivity contribution >= 4 is 16.9 Å². The highest BCUT2D eigenvalue weighted by Crippen LogP contribution is 2.30. The van der Waals surface area contributed by atoms with E-state index in [0.29, 0.717) is 26.1 Å². The second-order valence-corrected chi connectivity index (χ2v) is 9.58. The molecule has 0 N–H and O–H groups in total. The van der Waals surface area contributed by atoms with E-state index in [-0.39, 0.29) is 17.2 Å². The Kier molecular flexibility index (Phi) is 6.35. The van der Waals surface area contributed by atoms with Crippen molar-refractivity contribution in [2.75, 3.05) is 19.7 Å². The van der Waals surface area contributed by atoms with Crippen LogP contribution >= 0.6 is 0 Å². The van der Waals surface area contributed by atoms with Crippen LogP contribution in [0.5, 0.6) is 5.75 Å². The third kappa shape index (κ3) is 4.72. The fourth-order valence-electron chi connectivity index (χ4n) is 4.38. The largest absolute Gasteiger partial charge is 0.494 e. The maximum absolute atomic E-state index is 12.4. The molecule has 1 atom stereocenters. The summed E-state index contributed by atoms with van der Waals surface area (Å²) in [5.41, 5.74) is 3.54. The lowest BCUT2D eigenvalue weighted by atomic mass is 9.87. The Morgan fingerprint density at radius 3 is 2.62 bits per heavy atom. The number of aromatic nitrogens is 2. The van der Waals surface area contributed by atoms with Crippen molar-refractivity contribution in [2.45, 2.75) is 51.5 Å². The molecular formula is C27H33N3O2. The number of amides is 1. The number of hydrogen-bond acceptors (Lipinski definition) is 3. The van der Waals surface area contributed by atoms with E-state index in [2.05, 4.69) is 62.2 Å². The first-order chi connectivity index (χ1) is 15.4. The number of carbonyl (C=O) groups excluding carboxylic acids is 1. The predicted octanol–water partition coefficient (Wildman–Crippen LogP) is 5.30. The first kappa shape index (κ1) is 22.1. The molecule has 1 aromatic heterocycles. The third-order valence-corrected chi connectivity index (χ3v) is 6.13. The van der Waals surface area contributed by atoms with Gasteiger partial charge in [-0.25, -0.2) is 4.98 Å². The Hall–Kier alpha value is -3.08. The van der Waals surface area contributed by atoms with Crippen LogP contribution in [0.2, 0.25) is 0 Å². The Labute approximate surface area is 190 Å². The second kappa shape index (κ2) is 9.19. The van der Waals surface area contributed by atoms with Gasteiger partial charge in [0.15, 0.2) is 0 Å². The number of nitrogens with zero attached hydrogens (tertiary/aromatic N) is 3. The normalized spacial score (nSPS) is 16.7. The van der Waals surface area contributed by atoms with Crippen LogP contribution in [-0.2, 0) is 16.8 Å². The van der Waals surface area contributed by atoms with E-state index in [1.165, 1.54) is 5.56 Å². The van der Waals surface area contributed by atoms with Crippen LogP contribution in [0, 0.1) is 0 Å². The van der Waals surface area contributed by atoms with Crippen molar-refractivity contribution in [3.8, 4) is 5.75 Å². The lowest BCUT2D eigenvalue weighted by Gasteiger charge is -2.19. The van der Waals surface area contributed by atoms with E-state index in [9.17, 15) is 4.79 Å². The number of likely N-dealkylation sites (tertiary alicyclic amines) is 1. The van der Waals surface area contributed by atoms with Crippen LogP contribution in [0.25, 0.3) is 11.0 Å². The third-order valence-electron chi connectivity index (χ3n) is 6.13. The number of rotatable bonds is 8. The average Bonchev–Trinajstić information content (AvgIpc) is 3.32. The van der Waals surface area contributed by atoms with Gasteiger partial charge < -0.3 is 14.2 Å². The summed E-state index contributed by atoms with van der Waals surface area (Å²) in [6.07, 6.45) is 3.16. The highest BCUT2D eigenvalue weighted by Gasteiger charge is 2.33. The van der Waals surface area contributed by atoms with E-state index in [0.717, 1.165) is 35.6 Å². The zero-order valence-electron chi connectivity index (χ0n) is 19.4. The van der Waals surface area contributed by atoms with Crippen molar-refractivity contribution in [3.63, 3.8) is 0 Å². The molecule has 1 unspecified atom stereocenters. The minimum Gasteiger partial charge on any atom is -0.494 e. The fourth-order valence-corrected chi connectivity index (χ4v) is 4.38. The molecule has 4 rings (SSSR count). The van der Waals surface area contributed by atoms with E-state index in [4.69, 9.17) is 9.72 Å². The molecule has 5 nitrogen and oxygen atoms in total. The van der Waals surface area contributed by atoms with Gasteiger partial charge in [0.2, 0.25) is 5.91 Å². The summed E-state index contributed by atoms with van der Waals surface area (Å²) in [5, 5.41) is 0. The quantitative estimate of drug-likeness (QED) is 0.359. The van der Waals surface area contributed by atoms with Gasteiger partial charge in [-0.05, 0) is 41.7 Å². The summed E-state index contributed by atoms with van der Waals surface area (Å²) in [5.74, 6) is 2.19. The number of ether oxygens (including phenoxy) is 1. The van der Waals surface area contributed by atoms with Gasteiger partial charge >= 0.3 is 0 Å². The lowest BCUT2D eigenvalue weighted by molar-refractivity contribution is -0.127. The lowest BCUT2D eigenvalue weighted by Crippen LogP contribution is -2.25. The molecule has 0 spiro atoms. The first-order valence-electron chi connectivity index (χ1n) is 11.4. The number of fused-ring (bicyclic) bond motifs is 1. The van der Waals surface area contributed by atoms with Gasteiger partial charge in [-0.2, -0.15) is 0 Å². The molecule has 2 aromatic carbocycles. The molecular weight excluding hydrogens is 398 g/mol. The molecule has 32 heavy (non-hydrogen) atoms. The monoisotopic (exact) mass is 431 g/mol. The van der Waals surface area contributed by atoms with Crippen molar-refractivity contribution in [1.82, 2.24) is 14.5 Å². The van der Waals surface area contributed by atoms with Crippen molar-refractivity contribution < 1.29 is 9.53 Å². The Balaban J connectivity index is 1.44. The van der Waals surface area contributed by atoms with Gasteiger partial charge in [0.1, 0.15) is 11.6 Å². The molecule has 1 saturated heterocycles. The molecule has 1 aliphatic heterocycles. The number of para-hydroxylation sites is 2.